The summed E-state index contributed by atoms with van der Waals surface area (Å²) in [6.45, 7) is 24.3. The smallest absolute Gasteiger partial charge is 0.298 e. The zero-order valence-electron chi connectivity index (χ0n) is 76.9. The second kappa shape index (κ2) is 37.4. The first-order valence-electron chi connectivity index (χ1n) is 47.6. The number of methoxy groups -OCH3 is 1. The van der Waals surface area contributed by atoms with E-state index in [2.05, 4.69) is 166 Å². The third kappa shape index (κ3) is 17.7. The molecule has 9 aliphatic rings. The van der Waals surface area contributed by atoms with E-state index in [1.807, 2.05) is 66.9 Å². The molecule has 20 heterocycles. The van der Waals surface area contributed by atoms with Crippen molar-refractivity contribution in [2.75, 3.05) is 196 Å². The van der Waals surface area contributed by atoms with Gasteiger partial charge in [-0.3, -0.25) is 0 Å². The fraction of sp³-hybridized carbons (Fsp3) is 0.321. The van der Waals surface area contributed by atoms with E-state index in [0.29, 0.717) is 31.1 Å². The van der Waals surface area contributed by atoms with Crippen LogP contribution in [0.3, 0.4) is 0 Å². The lowest BCUT2D eigenvalue weighted by molar-refractivity contribution is 0.120. The van der Waals surface area contributed by atoms with Crippen molar-refractivity contribution >= 4 is 140 Å². The van der Waals surface area contributed by atoms with Crippen LogP contribution in [0.25, 0.3) is 87.7 Å². The molecule has 9 aliphatic heterocycles. The number of nitrogens with one attached hydrogen (secondary N) is 5. The number of oxazole rings is 2. The molecule has 4 saturated heterocycles. The normalized spacial score (nSPS) is 16.9. The first-order valence-corrected chi connectivity index (χ1v) is 47.6. The summed E-state index contributed by atoms with van der Waals surface area (Å²) in [6, 6.07) is 58.5. The second-order valence-electron chi connectivity index (χ2n) is 36.7. The molecule has 0 atom stereocenters. The van der Waals surface area contributed by atoms with Gasteiger partial charge in [-0.1, -0.05) is 30.3 Å². The maximum atomic E-state index is 13.8. The van der Waals surface area contributed by atoms with Gasteiger partial charge in [0.25, 0.3) is 12.0 Å². The van der Waals surface area contributed by atoms with Crippen LogP contribution in [-0.4, -0.2) is 212 Å². The molecule has 18 aromatic rings. The first kappa shape index (κ1) is 86.7. The van der Waals surface area contributed by atoms with E-state index in [4.69, 9.17) is 52.7 Å². The van der Waals surface area contributed by atoms with Gasteiger partial charge >= 0.3 is 0 Å². The molecule has 0 aliphatic carbocycles. The Labute approximate surface area is 787 Å². The van der Waals surface area contributed by atoms with E-state index >= 15 is 0 Å². The number of aryl methyl sites for hydroxylation is 1. The third-order valence-corrected chi connectivity index (χ3v) is 28.3. The fourth-order valence-corrected chi connectivity index (χ4v) is 20.9. The van der Waals surface area contributed by atoms with E-state index in [-0.39, 0.29) is 23.3 Å². The monoisotopic (exact) mass is 1850 g/mol. The van der Waals surface area contributed by atoms with Crippen molar-refractivity contribution in [3.63, 3.8) is 0 Å². The van der Waals surface area contributed by atoms with Gasteiger partial charge in [0, 0.05) is 286 Å². The molecule has 27 rings (SSSR count). The van der Waals surface area contributed by atoms with Gasteiger partial charge in [-0.2, -0.15) is 15.0 Å². The Morgan fingerprint density at radius 2 is 0.788 bits per heavy atom. The number of aromatic amines is 5. The van der Waals surface area contributed by atoms with Gasteiger partial charge < -0.3 is 102 Å². The lowest BCUT2D eigenvalue weighted by atomic mass is 10.0. The fourth-order valence-electron chi connectivity index (χ4n) is 20.9. The topological polar surface area (TPSA) is 252 Å². The predicted octanol–water partition coefficient (Wildman–Crippen LogP) is 17.8. The van der Waals surface area contributed by atoms with Gasteiger partial charge in [-0.05, 0) is 165 Å². The molecule has 7 aromatic carbocycles. The molecule has 700 valence electrons. The van der Waals surface area contributed by atoms with Crippen molar-refractivity contribution < 1.29 is 45.3 Å². The summed E-state index contributed by atoms with van der Waals surface area (Å²) in [5.74, 6) is 3.69. The zero-order chi connectivity index (χ0) is 92.3. The Morgan fingerprint density at radius 1 is 0.328 bits per heavy atom. The molecule has 31 heteroatoms. The molecule has 0 amide bonds. The molecule has 4 fully saturated rings. The quantitative estimate of drug-likeness (QED) is 0.0798. The summed E-state index contributed by atoms with van der Waals surface area (Å²) < 4.78 is 87.9. The minimum absolute atomic E-state index is 0.193. The molecule has 0 radical (unpaired) electrons. The van der Waals surface area contributed by atoms with Gasteiger partial charge in [0.15, 0.2) is 11.2 Å². The van der Waals surface area contributed by atoms with E-state index in [1.165, 1.54) is 96.6 Å². The SMILES string of the molecule is CN1CCN(c2ccc(N3CCc4[nH]c5cc(F)ccc5c4C3)cn2)CC1.COc1cccc(N2CCc3[nH]c4cc(F)ccc4c3C2)n1.Cc1cccc2c3c([nH]c12)CCN(c1ccc2oc(N4CCOCC4)nc2c1)C3.Fc1ccc2[nH]c3c(c2c1)CN(c1cccc2oc(N4CCOCC4)nc12)CC3.Fc1ccc2c3c([nH]c2c1)CCN(c1ccc2nc(N4CCOCC4)ccc2n1)C3. The number of rotatable bonds is 10. The Bertz CT molecular complexity index is 7490. The Hall–Kier alpha value is -14.4. The van der Waals surface area contributed by atoms with Crippen LogP contribution in [0.1, 0.15) is 61.9 Å². The van der Waals surface area contributed by atoms with E-state index in [9.17, 15) is 17.6 Å². The number of piperazine rings is 1. The van der Waals surface area contributed by atoms with Crippen LogP contribution in [-0.2, 0) is 79.0 Å². The van der Waals surface area contributed by atoms with Crippen LogP contribution in [0.4, 0.5) is 69.9 Å². The van der Waals surface area contributed by atoms with Crippen molar-refractivity contribution in [1.82, 2.24) is 59.7 Å². The summed E-state index contributed by atoms with van der Waals surface area (Å²) in [5, 5.41) is 5.61. The number of ether oxygens (including phenoxy) is 4. The van der Waals surface area contributed by atoms with Gasteiger partial charge in [0.2, 0.25) is 5.88 Å². The average Bonchev–Trinajstić information content (AvgIpc) is 1.64. The largest absolute Gasteiger partial charge is 0.481 e. The molecule has 11 aromatic heterocycles. The summed E-state index contributed by atoms with van der Waals surface area (Å²) in [6.07, 6.45) is 6.62. The molecule has 5 N–H and O–H groups in total. The number of pyridine rings is 4. The van der Waals surface area contributed by atoms with Crippen molar-refractivity contribution in [3.8, 4) is 5.88 Å². The highest BCUT2D eigenvalue weighted by molar-refractivity contribution is 5.93. The highest BCUT2D eigenvalue weighted by Crippen LogP contribution is 2.41. The van der Waals surface area contributed by atoms with Crippen LogP contribution < -0.4 is 48.8 Å². The zero-order valence-corrected chi connectivity index (χ0v) is 76.9. The Kier molecular flexibility index (Phi) is 23.6. The Balaban J connectivity index is 0.0000000965. The number of para-hydroxylation sites is 2. The standard InChI is InChI=1S/C23H22FN5O.C23H24N4O2.C22H21FN4O2.C21H24FN5.C17H16FN3O/c24-15-1-2-16-17-14-29(8-7-18(17)25-21(16)13-15)23-6-4-19-20(27-23)3-5-22(26-19)28-9-11-30-12-10-28;1-15-3-2-4-17-18-14-27(8-7-19(18)24-22(15)17)16-5-6-21-20(13-16)25-23(29-21)26-9-11-28-12-10-26;23-14-4-5-17-15(12-14)16-13-27(7-6-18(16)24-17)19-2-1-3-20-21(19)25-22(29-20)26-8-10-28-11-9-26;1-25-8-10-26(11-9-25)21-5-3-16(13-23-21)27-7-6-19-18(14-27)17-4-2-15(22)12-20(17)24-19;1-22-17-4-2-3-16(20-17)21-8-7-14-13(10-21)12-6-5-11(18)9-15(12)19-14/h1-6,13,25H,7-12,14H2;2-6,13,24H,7-12,14H2,1H3;1-5,12,24H,6-11,13H2;2-5,12-13,24H,6-11,14H2,1H3;2-6,9,19H,7-8,10H2,1H3. The van der Waals surface area contributed by atoms with E-state index < -0.39 is 0 Å². The van der Waals surface area contributed by atoms with E-state index in [0.717, 1.165) is 301 Å². The van der Waals surface area contributed by atoms with Crippen molar-refractivity contribution in [1.29, 1.82) is 0 Å². The number of fused-ring (bicyclic) bond motifs is 18. The van der Waals surface area contributed by atoms with Gasteiger partial charge in [-0.15, -0.1) is 0 Å². The van der Waals surface area contributed by atoms with E-state index in [1.54, 1.807) is 37.4 Å². The highest BCUT2D eigenvalue weighted by atomic mass is 19.1. The number of hydrogen-bond acceptors (Lipinski definition) is 22. The predicted molar refractivity (Wildman–Crippen MR) is 531 cm³/mol. The van der Waals surface area contributed by atoms with Crippen LogP contribution in [0.5, 0.6) is 5.88 Å². The number of morpholine rings is 3. The van der Waals surface area contributed by atoms with Gasteiger partial charge in [-0.25, -0.2) is 32.5 Å². The van der Waals surface area contributed by atoms with Crippen molar-refractivity contribution in [2.24, 2.45) is 0 Å². The molecule has 0 bridgehead atoms. The minimum atomic E-state index is -0.211. The van der Waals surface area contributed by atoms with Crippen molar-refractivity contribution in [3.05, 3.63) is 273 Å². The number of aromatic nitrogens is 11. The molecular formula is C106H107F4N21O6. The number of nitrogens with zero attached hydrogens (tertiary/aromatic N) is 16. The molecule has 0 unspecified atom stereocenters. The summed E-state index contributed by atoms with van der Waals surface area (Å²) in [4.78, 5) is 68.6. The lowest BCUT2D eigenvalue weighted by Gasteiger charge is -2.34. The summed E-state index contributed by atoms with van der Waals surface area (Å²) >= 11 is 0. The maximum absolute atomic E-state index is 13.8. The number of hydrogen-bond donors (Lipinski definition) is 5. The number of anilines is 9. The summed E-state index contributed by atoms with van der Waals surface area (Å²) in [7, 11) is 3.78. The Morgan fingerprint density at radius 3 is 1.38 bits per heavy atom. The number of halogens is 4. The number of benzene rings is 7. The van der Waals surface area contributed by atoms with Crippen LogP contribution in [0.2, 0.25) is 0 Å². The van der Waals surface area contributed by atoms with Crippen LogP contribution in [0, 0.1) is 30.2 Å². The summed E-state index contributed by atoms with van der Waals surface area (Å²) in [5.41, 5.74) is 27.4. The van der Waals surface area contributed by atoms with Gasteiger partial charge in [0.05, 0.1) is 75.4 Å². The highest BCUT2D eigenvalue weighted by Gasteiger charge is 2.32. The average molecular weight is 1850 g/mol. The minimum Gasteiger partial charge on any atom is -0.481 e. The lowest BCUT2D eigenvalue weighted by Crippen LogP contribution is -2.44. The molecule has 0 saturated carbocycles. The maximum Gasteiger partial charge on any atom is 0.298 e. The molecule has 0 spiro atoms. The molecule has 27 nitrogen and oxygen atoms in total. The molecule has 137 heavy (non-hydrogen) atoms. The van der Waals surface area contributed by atoms with Gasteiger partial charge in [0.1, 0.15) is 57.6 Å². The van der Waals surface area contributed by atoms with Crippen LogP contribution in [0.15, 0.2) is 197 Å². The second-order valence-corrected chi connectivity index (χ2v) is 36.7. The van der Waals surface area contributed by atoms with Crippen molar-refractivity contribution in [2.45, 2.75) is 71.8 Å². The third-order valence-electron chi connectivity index (χ3n) is 28.3. The first-order chi connectivity index (χ1) is 67.2. The van der Waals surface area contributed by atoms with Crippen LogP contribution >= 0.6 is 0 Å². The molecular weight excluding hydrogens is 1740 g/mol. The number of likely N-dealkylation sites (N-methyl/N-ethyl adjacent to an activating group) is 1. The number of H-pyrrole nitrogens is 5.